The molecule has 5 aliphatic carbocycles. The van der Waals surface area contributed by atoms with Crippen LogP contribution in [0.3, 0.4) is 0 Å². The summed E-state index contributed by atoms with van der Waals surface area (Å²) in [6.45, 7) is 11.3. The molecule has 8 unspecified atom stereocenters. The first-order valence-corrected chi connectivity index (χ1v) is 22.9. The average Bonchev–Trinajstić information content (AvgIpc) is 3.47. The molecule has 62 heavy (non-hydrogen) atoms. The van der Waals surface area contributed by atoms with Crippen molar-refractivity contribution >= 4 is 17.7 Å². The second-order valence-corrected chi connectivity index (χ2v) is 20.1. The smallest absolute Gasteiger partial charge is 0.338 e. The van der Waals surface area contributed by atoms with E-state index in [9.17, 15) is 39.9 Å². The maximum Gasteiger partial charge on any atom is 0.338 e. The van der Waals surface area contributed by atoms with E-state index in [0.717, 1.165) is 25.7 Å². The Bertz CT molecular complexity index is 1800. The molecule has 0 amide bonds. The highest BCUT2D eigenvalue weighted by Crippen LogP contribution is 2.69. The highest BCUT2D eigenvalue weighted by atomic mass is 16.7. The van der Waals surface area contributed by atoms with Gasteiger partial charge in [0.25, 0.3) is 0 Å². The standard InChI is InChI=1S/C48H70O14/c1-25(2)8-15-35(51)26(3)48(56)39(23-34-32-14-11-29-22-30(50)18-20-46(29,5)33(32)19-21-47(34,48)6)61-45-43(59-27(4)49)41(37(53)24-58-45)60-38-17-16-36(52)40(54)42(38)62-44(55)28-9-12-31(57-7)13-10-28/h9-13,25-26,30,32-34,36-43,45,50,52-54,56H,8,14-24H2,1-7H3/t26-,30+,32-,33+,34+,36?,37?,38?,39+,40?,41?,42?,43?,45?,46+,47+,48-/m1/s1. The molecule has 1 aromatic rings. The number of aliphatic hydroxyl groups excluding tert-OH is 4. The van der Waals surface area contributed by atoms with Gasteiger partial charge in [0.1, 0.15) is 35.4 Å². The first-order valence-electron chi connectivity index (χ1n) is 22.9. The fourth-order valence-corrected chi connectivity index (χ4v) is 12.5. The van der Waals surface area contributed by atoms with Crippen LogP contribution in [-0.4, -0.2) is 124 Å². The van der Waals surface area contributed by atoms with Crippen molar-refractivity contribution in [1.29, 1.82) is 0 Å². The molecule has 5 fully saturated rings. The topological polar surface area (TPSA) is 208 Å². The number of ether oxygens (including phenoxy) is 6. The summed E-state index contributed by atoms with van der Waals surface area (Å²) in [5.74, 6) is -1.06. The molecule has 0 bridgehead atoms. The summed E-state index contributed by atoms with van der Waals surface area (Å²) in [6, 6.07) is 6.19. The minimum absolute atomic E-state index is 0.0391. The molecular formula is C48H70O14. The van der Waals surface area contributed by atoms with Crippen LogP contribution in [0.25, 0.3) is 0 Å². The normalized spacial score (nSPS) is 42.1. The maximum absolute atomic E-state index is 14.2. The van der Waals surface area contributed by atoms with Crippen LogP contribution < -0.4 is 4.74 Å². The zero-order valence-corrected chi connectivity index (χ0v) is 37.4. The van der Waals surface area contributed by atoms with E-state index in [2.05, 4.69) is 33.8 Å². The number of Topliss-reactive ketones (excluding diaryl/α,β-unsaturated/α-hetero) is 1. The van der Waals surface area contributed by atoms with Gasteiger partial charge in [-0.15, -0.1) is 0 Å². The number of esters is 2. The summed E-state index contributed by atoms with van der Waals surface area (Å²) in [5, 5.41) is 57.4. The highest BCUT2D eigenvalue weighted by molar-refractivity contribution is 5.89. The lowest BCUT2D eigenvalue weighted by atomic mass is 9.46. The molecular weight excluding hydrogens is 801 g/mol. The van der Waals surface area contributed by atoms with Gasteiger partial charge in [-0.25, -0.2) is 4.79 Å². The zero-order chi connectivity index (χ0) is 44.9. The van der Waals surface area contributed by atoms with Crippen molar-refractivity contribution in [1.82, 2.24) is 0 Å². The summed E-state index contributed by atoms with van der Waals surface area (Å²) in [7, 11) is 1.50. The number of allylic oxidation sites excluding steroid dienone is 1. The van der Waals surface area contributed by atoms with E-state index < -0.39 is 84.0 Å². The van der Waals surface area contributed by atoms with Crippen molar-refractivity contribution in [2.24, 2.45) is 40.4 Å². The molecule has 7 rings (SSSR count). The molecule has 1 saturated heterocycles. The molecule has 1 heterocycles. The molecule has 346 valence electrons. The quantitative estimate of drug-likeness (QED) is 0.133. The minimum Gasteiger partial charge on any atom is -0.497 e. The molecule has 1 aliphatic heterocycles. The van der Waals surface area contributed by atoms with Crippen LogP contribution in [-0.2, 0) is 33.3 Å². The number of hydrogen-bond acceptors (Lipinski definition) is 14. The lowest BCUT2D eigenvalue weighted by Crippen LogP contribution is -2.64. The number of rotatable bonds is 13. The molecule has 14 nitrogen and oxygen atoms in total. The fourth-order valence-electron chi connectivity index (χ4n) is 12.5. The van der Waals surface area contributed by atoms with Crippen LogP contribution in [0, 0.1) is 40.4 Å². The number of carbonyl (C=O) groups is 3. The first-order chi connectivity index (χ1) is 29.3. The van der Waals surface area contributed by atoms with E-state index in [-0.39, 0.29) is 60.1 Å². The van der Waals surface area contributed by atoms with E-state index >= 15 is 0 Å². The largest absolute Gasteiger partial charge is 0.497 e. The summed E-state index contributed by atoms with van der Waals surface area (Å²) >= 11 is 0. The second kappa shape index (κ2) is 18.5. The number of methoxy groups -OCH3 is 1. The minimum atomic E-state index is -1.65. The number of carbonyl (C=O) groups excluding carboxylic acids is 3. The number of aliphatic hydroxyl groups is 5. The number of fused-ring (bicyclic) bond motifs is 5. The Hall–Kier alpha value is -2.95. The third-order valence-corrected chi connectivity index (χ3v) is 16.2. The van der Waals surface area contributed by atoms with Gasteiger partial charge in [0.15, 0.2) is 18.5 Å². The molecule has 0 radical (unpaired) electrons. The van der Waals surface area contributed by atoms with Crippen LogP contribution in [0.1, 0.15) is 123 Å². The molecule has 14 heteroatoms. The van der Waals surface area contributed by atoms with Gasteiger partial charge in [-0.1, -0.05) is 46.3 Å². The number of benzene rings is 1. The van der Waals surface area contributed by atoms with E-state index in [4.69, 9.17) is 28.4 Å². The Balaban J connectivity index is 1.18. The molecule has 6 aliphatic rings. The van der Waals surface area contributed by atoms with Crippen molar-refractivity contribution < 1.29 is 68.3 Å². The van der Waals surface area contributed by atoms with Crippen molar-refractivity contribution in [2.75, 3.05) is 13.7 Å². The second-order valence-electron chi connectivity index (χ2n) is 20.1. The summed E-state index contributed by atoms with van der Waals surface area (Å²) in [6.07, 6.45) is -3.32. The summed E-state index contributed by atoms with van der Waals surface area (Å²) in [5.41, 5.74) is -0.960. The van der Waals surface area contributed by atoms with Crippen molar-refractivity contribution in [2.45, 2.75) is 179 Å². The summed E-state index contributed by atoms with van der Waals surface area (Å²) < 4.78 is 36.4. The first kappa shape index (κ1) is 47.0. The van der Waals surface area contributed by atoms with Gasteiger partial charge in [0, 0.05) is 24.7 Å². The van der Waals surface area contributed by atoms with Crippen molar-refractivity contribution in [3.63, 3.8) is 0 Å². The summed E-state index contributed by atoms with van der Waals surface area (Å²) in [4.78, 5) is 40.4. The molecule has 17 atom stereocenters. The monoisotopic (exact) mass is 870 g/mol. The molecule has 0 aromatic heterocycles. The third kappa shape index (κ3) is 8.64. The lowest BCUT2D eigenvalue weighted by molar-refractivity contribution is -0.319. The molecule has 0 spiro atoms. The molecule has 1 aromatic carbocycles. The Kier molecular flexibility index (Phi) is 14.0. The Labute approximate surface area is 365 Å². The van der Waals surface area contributed by atoms with Gasteiger partial charge in [0.05, 0.1) is 43.7 Å². The van der Waals surface area contributed by atoms with Crippen LogP contribution in [0.15, 0.2) is 35.9 Å². The zero-order valence-electron chi connectivity index (χ0n) is 37.4. The molecule has 5 N–H and O–H groups in total. The SMILES string of the molecule is COc1ccc(C(=O)OC2C(OC3C(O)COC(O[C@H]4C[C@H]5[C@@H]6CC=C7C[C@@H](O)CC[C@]7(C)[C@H]6CC[C@]5(C)[C@@]4(O)[C@H](C)C(=O)CCC(C)C)C3OC(C)=O)CCC(O)C2O)cc1. The Morgan fingerprint density at radius 3 is 2.27 bits per heavy atom. The fraction of sp³-hybridized carbons (Fsp3) is 0.771. The number of ketones is 1. The van der Waals surface area contributed by atoms with Crippen molar-refractivity contribution in [3.05, 3.63) is 41.5 Å². The van der Waals surface area contributed by atoms with Crippen molar-refractivity contribution in [3.8, 4) is 5.75 Å². The van der Waals surface area contributed by atoms with Crippen LogP contribution in [0.4, 0.5) is 0 Å². The highest BCUT2D eigenvalue weighted by Gasteiger charge is 2.70. The van der Waals surface area contributed by atoms with Gasteiger partial charge in [-0.05, 0) is 118 Å². The molecule has 4 saturated carbocycles. The third-order valence-electron chi connectivity index (χ3n) is 16.2. The predicted molar refractivity (Wildman–Crippen MR) is 225 cm³/mol. The number of hydrogen-bond donors (Lipinski definition) is 5. The van der Waals surface area contributed by atoms with Gasteiger partial charge >= 0.3 is 11.9 Å². The Morgan fingerprint density at radius 1 is 0.871 bits per heavy atom. The van der Waals surface area contributed by atoms with E-state index in [1.807, 2.05) is 0 Å². The predicted octanol–water partition coefficient (Wildman–Crippen LogP) is 4.83. The lowest BCUT2D eigenvalue weighted by Gasteiger charge is -2.59. The van der Waals surface area contributed by atoms with Crippen LogP contribution in [0.5, 0.6) is 5.75 Å². The van der Waals surface area contributed by atoms with E-state index in [1.165, 1.54) is 31.7 Å². The van der Waals surface area contributed by atoms with E-state index in [0.29, 0.717) is 43.8 Å². The average molecular weight is 871 g/mol. The van der Waals surface area contributed by atoms with Gasteiger partial charge in [-0.2, -0.15) is 0 Å². The van der Waals surface area contributed by atoms with Crippen LogP contribution >= 0.6 is 0 Å². The van der Waals surface area contributed by atoms with Gasteiger partial charge < -0.3 is 54.0 Å². The van der Waals surface area contributed by atoms with Gasteiger partial charge in [0.2, 0.25) is 0 Å². The van der Waals surface area contributed by atoms with Crippen LogP contribution in [0.2, 0.25) is 0 Å². The van der Waals surface area contributed by atoms with Gasteiger partial charge in [-0.3, -0.25) is 9.59 Å². The maximum atomic E-state index is 14.2. The van der Waals surface area contributed by atoms with E-state index in [1.54, 1.807) is 19.1 Å². The Morgan fingerprint density at radius 2 is 1.60 bits per heavy atom.